The lowest BCUT2D eigenvalue weighted by atomic mass is 10.1. The maximum atomic E-state index is 13.0. The highest BCUT2D eigenvalue weighted by Gasteiger charge is 2.23. The van der Waals surface area contributed by atoms with Crippen LogP contribution in [0.25, 0.3) is 11.3 Å². The Kier molecular flexibility index (Phi) is 14.8. The number of nitrogens with zero attached hydrogens (tertiary/aromatic N) is 1. The van der Waals surface area contributed by atoms with Crippen molar-refractivity contribution < 1.29 is 23.5 Å². The number of oxazole rings is 1. The summed E-state index contributed by atoms with van der Waals surface area (Å²) < 4.78 is 10.6. The highest BCUT2D eigenvalue weighted by molar-refractivity contribution is 5.90. The Morgan fingerprint density at radius 2 is 1.53 bits per heavy atom. The molecule has 0 fully saturated rings. The number of benzene rings is 1. The van der Waals surface area contributed by atoms with E-state index in [0.29, 0.717) is 30.2 Å². The molecule has 1 aromatic heterocycles. The van der Waals surface area contributed by atoms with Gasteiger partial charge < -0.3 is 19.8 Å². The van der Waals surface area contributed by atoms with Gasteiger partial charge in [0.15, 0.2) is 11.7 Å². The van der Waals surface area contributed by atoms with Crippen molar-refractivity contribution in [3.8, 4) is 11.3 Å². The summed E-state index contributed by atoms with van der Waals surface area (Å²) in [5.41, 5.74) is 1.19. The standard InChI is InChI=1S/C30H45N3O5/c1-4-6-8-10-11-12-13-15-27(34)33-25(29(35)31-20-14-9-7-5-2)21-28-32-22-26(38-28)23-16-18-24(19-17-23)30(36)37-3/h16-19,22,25H,4-15,20-21H2,1-3H3,(H,31,35)(H,33,34)/t25-/m0/s1. The molecule has 0 bridgehead atoms. The van der Waals surface area contributed by atoms with Crippen LogP contribution in [0.1, 0.15) is 107 Å². The van der Waals surface area contributed by atoms with Gasteiger partial charge in [0, 0.05) is 18.5 Å². The quantitative estimate of drug-likeness (QED) is 0.171. The molecule has 0 spiro atoms. The third-order valence-electron chi connectivity index (χ3n) is 6.51. The van der Waals surface area contributed by atoms with Crippen molar-refractivity contribution in [1.82, 2.24) is 15.6 Å². The van der Waals surface area contributed by atoms with E-state index in [9.17, 15) is 14.4 Å². The lowest BCUT2D eigenvalue weighted by Crippen LogP contribution is -2.48. The molecule has 2 amide bonds. The van der Waals surface area contributed by atoms with Crippen molar-refractivity contribution in [2.75, 3.05) is 13.7 Å². The molecule has 8 heteroatoms. The molecule has 0 saturated carbocycles. The van der Waals surface area contributed by atoms with Crippen molar-refractivity contribution in [1.29, 1.82) is 0 Å². The first-order valence-electron chi connectivity index (χ1n) is 14.2. The molecular weight excluding hydrogens is 482 g/mol. The van der Waals surface area contributed by atoms with E-state index in [2.05, 4.69) is 29.5 Å². The number of methoxy groups -OCH3 is 1. The molecule has 0 aliphatic carbocycles. The fourth-order valence-electron chi connectivity index (χ4n) is 4.21. The number of hydrogen-bond acceptors (Lipinski definition) is 6. The van der Waals surface area contributed by atoms with Crippen molar-refractivity contribution >= 4 is 17.8 Å². The third kappa shape index (κ3) is 11.5. The van der Waals surface area contributed by atoms with Crippen molar-refractivity contribution in [3.63, 3.8) is 0 Å². The molecular formula is C30H45N3O5. The van der Waals surface area contributed by atoms with Gasteiger partial charge in [0.05, 0.1) is 25.3 Å². The fraction of sp³-hybridized carbons (Fsp3) is 0.600. The Morgan fingerprint density at radius 3 is 2.18 bits per heavy atom. The summed E-state index contributed by atoms with van der Waals surface area (Å²) in [5, 5.41) is 5.86. The van der Waals surface area contributed by atoms with Gasteiger partial charge in [0.2, 0.25) is 11.8 Å². The molecule has 1 atom stereocenters. The van der Waals surface area contributed by atoms with Gasteiger partial charge in [-0.25, -0.2) is 9.78 Å². The predicted octanol–water partition coefficient (Wildman–Crippen LogP) is 5.99. The summed E-state index contributed by atoms with van der Waals surface area (Å²) in [7, 11) is 1.34. The van der Waals surface area contributed by atoms with E-state index in [0.717, 1.165) is 50.5 Å². The second-order valence-corrected chi connectivity index (χ2v) is 9.73. The van der Waals surface area contributed by atoms with Gasteiger partial charge in [-0.3, -0.25) is 9.59 Å². The summed E-state index contributed by atoms with van der Waals surface area (Å²) in [6.45, 7) is 4.92. The first kappa shape index (κ1) is 31.1. The van der Waals surface area contributed by atoms with Crippen LogP contribution in [0, 0.1) is 0 Å². The van der Waals surface area contributed by atoms with E-state index >= 15 is 0 Å². The summed E-state index contributed by atoms with van der Waals surface area (Å²) in [6.07, 6.45) is 14.3. The van der Waals surface area contributed by atoms with Crippen LogP contribution in [0.3, 0.4) is 0 Å². The Hall–Kier alpha value is -3.16. The Morgan fingerprint density at radius 1 is 0.895 bits per heavy atom. The van der Waals surface area contributed by atoms with Gasteiger partial charge in [0.1, 0.15) is 6.04 Å². The van der Waals surface area contributed by atoms with Crippen LogP contribution in [-0.2, 0) is 20.7 Å². The van der Waals surface area contributed by atoms with E-state index in [1.165, 1.54) is 32.8 Å². The molecule has 0 saturated heterocycles. The number of hydrogen-bond donors (Lipinski definition) is 2. The van der Waals surface area contributed by atoms with Crippen LogP contribution < -0.4 is 10.6 Å². The molecule has 0 aliphatic heterocycles. The number of unbranched alkanes of at least 4 members (excludes halogenated alkanes) is 9. The molecule has 0 unspecified atom stereocenters. The second-order valence-electron chi connectivity index (χ2n) is 9.73. The van der Waals surface area contributed by atoms with Gasteiger partial charge in [0.25, 0.3) is 0 Å². The Balaban J connectivity index is 1.96. The first-order valence-corrected chi connectivity index (χ1v) is 14.2. The summed E-state index contributed by atoms with van der Waals surface area (Å²) in [4.78, 5) is 41.6. The lowest BCUT2D eigenvalue weighted by Gasteiger charge is -2.17. The number of rotatable bonds is 19. The van der Waals surface area contributed by atoms with E-state index in [-0.39, 0.29) is 18.2 Å². The maximum absolute atomic E-state index is 13.0. The molecule has 2 rings (SSSR count). The molecule has 1 aromatic carbocycles. The largest absolute Gasteiger partial charge is 0.465 e. The SMILES string of the molecule is CCCCCCCCCC(=O)N[C@@H](Cc1ncc(-c2ccc(C(=O)OC)cc2)o1)C(=O)NCCCCCC. The highest BCUT2D eigenvalue weighted by atomic mass is 16.5. The van der Waals surface area contributed by atoms with Crippen molar-refractivity contribution in [3.05, 3.63) is 41.9 Å². The zero-order valence-electron chi connectivity index (χ0n) is 23.4. The normalized spacial score (nSPS) is 11.7. The third-order valence-corrected chi connectivity index (χ3v) is 6.51. The van der Waals surface area contributed by atoms with Gasteiger partial charge in [-0.05, 0) is 25.0 Å². The van der Waals surface area contributed by atoms with Gasteiger partial charge >= 0.3 is 5.97 Å². The van der Waals surface area contributed by atoms with E-state index in [1.54, 1.807) is 30.5 Å². The van der Waals surface area contributed by atoms with E-state index in [4.69, 9.17) is 9.15 Å². The number of carbonyl (C=O) groups excluding carboxylic acids is 3. The Bertz CT molecular complexity index is 971. The minimum absolute atomic E-state index is 0.130. The molecule has 0 radical (unpaired) electrons. The number of carbonyl (C=O) groups is 3. The van der Waals surface area contributed by atoms with E-state index in [1.807, 2.05) is 0 Å². The lowest BCUT2D eigenvalue weighted by molar-refractivity contribution is -0.129. The van der Waals surface area contributed by atoms with Gasteiger partial charge in [-0.15, -0.1) is 0 Å². The number of amides is 2. The van der Waals surface area contributed by atoms with Crippen LogP contribution in [0.4, 0.5) is 0 Å². The first-order chi connectivity index (χ1) is 18.5. The van der Waals surface area contributed by atoms with Crippen LogP contribution >= 0.6 is 0 Å². The topological polar surface area (TPSA) is 111 Å². The van der Waals surface area contributed by atoms with Crippen LogP contribution in [0.15, 0.2) is 34.9 Å². The summed E-state index contributed by atoms with van der Waals surface area (Å²) in [6, 6.07) is 6.05. The summed E-state index contributed by atoms with van der Waals surface area (Å²) in [5.74, 6) is 0.112. The maximum Gasteiger partial charge on any atom is 0.337 e. The van der Waals surface area contributed by atoms with Crippen LogP contribution in [0.5, 0.6) is 0 Å². The van der Waals surface area contributed by atoms with Crippen molar-refractivity contribution in [2.24, 2.45) is 0 Å². The minimum atomic E-state index is -0.758. The number of aromatic nitrogens is 1. The zero-order chi connectivity index (χ0) is 27.6. The second kappa shape index (κ2) is 18.2. The zero-order valence-corrected chi connectivity index (χ0v) is 23.4. The van der Waals surface area contributed by atoms with Crippen LogP contribution in [0.2, 0.25) is 0 Å². The van der Waals surface area contributed by atoms with Crippen molar-refractivity contribution in [2.45, 2.75) is 103 Å². The molecule has 8 nitrogen and oxygen atoms in total. The van der Waals surface area contributed by atoms with E-state index < -0.39 is 12.0 Å². The number of ether oxygens (including phenoxy) is 1. The highest BCUT2D eigenvalue weighted by Crippen LogP contribution is 2.22. The molecule has 2 aromatic rings. The minimum Gasteiger partial charge on any atom is -0.465 e. The predicted molar refractivity (Wildman–Crippen MR) is 149 cm³/mol. The fourth-order valence-corrected chi connectivity index (χ4v) is 4.21. The smallest absolute Gasteiger partial charge is 0.337 e. The average molecular weight is 528 g/mol. The average Bonchev–Trinajstić information content (AvgIpc) is 3.40. The molecule has 38 heavy (non-hydrogen) atoms. The summed E-state index contributed by atoms with van der Waals surface area (Å²) >= 11 is 0. The molecule has 210 valence electrons. The monoisotopic (exact) mass is 527 g/mol. The molecule has 0 aliphatic rings. The molecule has 2 N–H and O–H groups in total. The van der Waals surface area contributed by atoms with Gasteiger partial charge in [-0.2, -0.15) is 0 Å². The molecule has 1 heterocycles. The van der Waals surface area contributed by atoms with Crippen LogP contribution in [-0.4, -0.2) is 42.5 Å². The number of esters is 1. The number of nitrogens with one attached hydrogen (secondary N) is 2. The van der Waals surface area contributed by atoms with Gasteiger partial charge in [-0.1, -0.05) is 83.8 Å². The Labute approximate surface area is 227 Å².